The quantitative estimate of drug-likeness (QED) is 0.773. The molecule has 0 saturated carbocycles. The van der Waals surface area contributed by atoms with Crippen molar-refractivity contribution < 1.29 is 4.74 Å². The topological polar surface area (TPSA) is 12.5 Å². The van der Waals surface area contributed by atoms with Crippen LogP contribution in [0, 0.1) is 11.8 Å². The molecule has 2 nitrogen and oxygen atoms in total. The minimum atomic E-state index is 0.860. The summed E-state index contributed by atoms with van der Waals surface area (Å²) in [7, 11) is 1.68. The molecule has 1 aliphatic rings. The number of hydrogen-bond acceptors (Lipinski definition) is 2. The van der Waals surface area contributed by atoms with Crippen molar-refractivity contribution >= 4 is 5.69 Å². The van der Waals surface area contributed by atoms with Crippen LogP contribution in [0.25, 0.3) is 0 Å². The molecule has 22 heavy (non-hydrogen) atoms. The Labute approximate surface area is 132 Å². The maximum Gasteiger partial charge on any atom is 0.118 e. The standard InChI is InChI=1S/C20H21NO/c1-22-19-13-10-17(11-14-19)9-12-18-7-3-4-8-20(18)21-15-5-2-6-16-21/h3-4,7-8,10-11,13-14H,2,5-6,15-16H2,1H3. The van der Waals surface area contributed by atoms with Gasteiger partial charge in [-0.25, -0.2) is 0 Å². The van der Waals surface area contributed by atoms with Gasteiger partial charge in [0.1, 0.15) is 5.75 Å². The molecule has 1 heterocycles. The third-order valence-electron chi connectivity index (χ3n) is 4.03. The van der Waals surface area contributed by atoms with Gasteiger partial charge in [-0.1, -0.05) is 24.0 Å². The Bertz CT molecular complexity index is 673. The maximum atomic E-state index is 5.18. The van der Waals surface area contributed by atoms with Gasteiger partial charge >= 0.3 is 0 Å². The number of para-hydroxylation sites is 1. The van der Waals surface area contributed by atoms with E-state index in [-0.39, 0.29) is 0 Å². The van der Waals surface area contributed by atoms with E-state index in [4.69, 9.17) is 4.74 Å². The van der Waals surface area contributed by atoms with Gasteiger partial charge in [0, 0.05) is 24.2 Å². The van der Waals surface area contributed by atoms with E-state index >= 15 is 0 Å². The van der Waals surface area contributed by atoms with Crippen molar-refractivity contribution in [3.63, 3.8) is 0 Å². The number of piperidine rings is 1. The van der Waals surface area contributed by atoms with Crippen LogP contribution in [0.2, 0.25) is 0 Å². The van der Waals surface area contributed by atoms with Gasteiger partial charge in [0.25, 0.3) is 0 Å². The number of rotatable bonds is 2. The third-order valence-corrected chi connectivity index (χ3v) is 4.03. The monoisotopic (exact) mass is 291 g/mol. The summed E-state index contributed by atoms with van der Waals surface area (Å²) in [4.78, 5) is 2.46. The van der Waals surface area contributed by atoms with Crippen LogP contribution in [-0.2, 0) is 0 Å². The van der Waals surface area contributed by atoms with E-state index in [0.29, 0.717) is 0 Å². The van der Waals surface area contributed by atoms with E-state index in [9.17, 15) is 0 Å². The highest BCUT2D eigenvalue weighted by Crippen LogP contribution is 2.23. The highest BCUT2D eigenvalue weighted by atomic mass is 16.5. The molecule has 0 atom stereocenters. The SMILES string of the molecule is COc1ccc(C#Cc2ccccc2N2CCCCC2)cc1. The van der Waals surface area contributed by atoms with Gasteiger partial charge in [0.05, 0.1) is 12.8 Å². The Morgan fingerprint density at radius 2 is 1.59 bits per heavy atom. The molecule has 0 aliphatic carbocycles. The molecule has 0 unspecified atom stereocenters. The van der Waals surface area contributed by atoms with Crippen LogP contribution in [0.15, 0.2) is 48.5 Å². The van der Waals surface area contributed by atoms with Crippen LogP contribution in [0.3, 0.4) is 0 Å². The lowest BCUT2D eigenvalue weighted by molar-refractivity contribution is 0.415. The zero-order valence-electron chi connectivity index (χ0n) is 13.0. The summed E-state index contributed by atoms with van der Waals surface area (Å²) in [6.07, 6.45) is 3.90. The lowest BCUT2D eigenvalue weighted by Gasteiger charge is -2.29. The molecule has 2 aromatic carbocycles. The largest absolute Gasteiger partial charge is 0.497 e. The summed E-state index contributed by atoms with van der Waals surface area (Å²) in [5, 5.41) is 0. The first-order valence-corrected chi connectivity index (χ1v) is 7.87. The van der Waals surface area contributed by atoms with E-state index in [1.165, 1.54) is 24.9 Å². The van der Waals surface area contributed by atoms with E-state index in [1.807, 2.05) is 24.3 Å². The average Bonchev–Trinajstić information content (AvgIpc) is 2.61. The van der Waals surface area contributed by atoms with E-state index in [1.54, 1.807) is 7.11 Å². The molecule has 112 valence electrons. The van der Waals surface area contributed by atoms with Gasteiger partial charge in [-0.05, 0) is 55.7 Å². The fourth-order valence-corrected chi connectivity index (χ4v) is 2.80. The Morgan fingerprint density at radius 3 is 2.32 bits per heavy atom. The molecule has 1 fully saturated rings. The molecular weight excluding hydrogens is 270 g/mol. The number of hydrogen-bond donors (Lipinski definition) is 0. The molecule has 3 rings (SSSR count). The van der Waals surface area contributed by atoms with Crippen LogP contribution in [0.4, 0.5) is 5.69 Å². The van der Waals surface area contributed by atoms with Gasteiger partial charge in [0.15, 0.2) is 0 Å². The van der Waals surface area contributed by atoms with Crippen LogP contribution in [-0.4, -0.2) is 20.2 Å². The second-order valence-electron chi connectivity index (χ2n) is 5.54. The van der Waals surface area contributed by atoms with Crippen molar-refractivity contribution in [3.8, 4) is 17.6 Å². The summed E-state index contributed by atoms with van der Waals surface area (Å²) >= 11 is 0. The highest BCUT2D eigenvalue weighted by Gasteiger charge is 2.12. The van der Waals surface area contributed by atoms with Crippen LogP contribution in [0.1, 0.15) is 30.4 Å². The number of ether oxygens (including phenoxy) is 1. The van der Waals surface area contributed by atoms with E-state index < -0.39 is 0 Å². The third kappa shape index (κ3) is 3.43. The second-order valence-corrected chi connectivity index (χ2v) is 5.54. The first-order valence-electron chi connectivity index (χ1n) is 7.87. The summed E-state index contributed by atoms with van der Waals surface area (Å²) in [5.74, 6) is 7.45. The molecule has 0 amide bonds. The lowest BCUT2D eigenvalue weighted by Crippen LogP contribution is -2.29. The van der Waals surface area contributed by atoms with Crippen molar-refractivity contribution in [1.29, 1.82) is 0 Å². The van der Waals surface area contributed by atoms with E-state index in [2.05, 4.69) is 41.0 Å². The Kier molecular flexibility index (Phi) is 4.65. The first kappa shape index (κ1) is 14.5. The van der Waals surface area contributed by atoms with Gasteiger partial charge < -0.3 is 9.64 Å². The predicted molar refractivity (Wildman–Crippen MR) is 91.5 cm³/mol. The minimum Gasteiger partial charge on any atom is -0.497 e. The number of methoxy groups -OCH3 is 1. The number of anilines is 1. The van der Waals surface area contributed by atoms with Crippen molar-refractivity contribution in [1.82, 2.24) is 0 Å². The molecule has 0 spiro atoms. The number of nitrogens with zero attached hydrogens (tertiary/aromatic N) is 1. The fourth-order valence-electron chi connectivity index (χ4n) is 2.80. The molecule has 0 radical (unpaired) electrons. The Morgan fingerprint density at radius 1 is 0.864 bits per heavy atom. The van der Waals surface area contributed by atoms with Crippen molar-refractivity contribution in [3.05, 3.63) is 59.7 Å². The molecule has 2 aromatic rings. The minimum absolute atomic E-state index is 0.860. The summed E-state index contributed by atoms with van der Waals surface area (Å²) < 4.78 is 5.18. The summed E-state index contributed by atoms with van der Waals surface area (Å²) in [6, 6.07) is 16.3. The average molecular weight is 291 g/mol. The molecular formula is C20H21NO. The van der Waals surface area contributed by atoms with Crippen LogP contribution < -0.4 is 9.64 Å². The van der Waals surface area contributed by atoms with Crippen molar-refractivity contribution in [2.45, 2.75) is 19.3 Å². The van der Waals surface area contributed by atoms with Gasteiger partial charge in [0.2, 0.25) is 0 Å². The second kappa shape index (κ2) is 7.04. The predicted octanol–water partition coefficient (Wildman–Crippen LogP) is 4.09. The lowest BCUT2D eigenvalue weighted by atomic mass is 10.1. The fraction of sp³-hybridized carbons (Fsp3) is 0.300. The number of benzene rings is 2. The normalized spacial score (nSPS) is 14.1. The Hall–Kier alpha value is -2.40. The molecule has 0 aromatic heterocycles. The maximum absolute atomic E-state index is 5.18. The zero-order chi connectivity index (χ0) is 15.2. The van der Waals surface area contributed by atoms with Gasteiger partial charge in [-0.15, -0.1) is 0 Å². The summed E-state index contributed by atoms with van der Waals surface area (Å²) in [5.41, 5.74) is 3.39. The first-order chi connectivity index (χ1) is 10.9. The zero-order valence-corrected chi connectivity index (χ0v) is 13.0. The van der Waals surface area contributed by atoms with Crippen molar-refractivity contribution in [2.24, 2.45) is 0 Å². The van der Waals surface area contributed by atoms with Crippen molar-refractivity contribution in [2.75, 3.05) is 25.1 Å². The molecule has 1 aliphatic heterocycles. The van der Waals surface area contributed by atoms with Gasteiger partial charge in [-0.3, -0.25) is 0 Å². The van der Waals surface area contributed by atoms with Gasteiger partial charge in [-0.2, -0.15) is 0 Å². The van der Waals surface area contributed by atoms with E-state index in [0.717, 1.165) is 30.0 Å². The van der Waals surface area contributed by atoms with Crippen LogP contribution in [0.5, 0.6) is 5.75 Å². The molecule has 1 saturated heterocycles. The Balaban J connectivity index is 1.84. The molecule has 2 heteroatoms. The smallest absolute Gasteiger partial charge is 0.118 e. The molecule has 0 bridgehead atoms. The summed E-state index contributed by atoms with van der Waals surface area (Å²) in [6.45, 7) is 2.28. The van der Waals surface area contributed by atoms with Crippen LogP contribution >= 0.6 is 0 Å². The highest BCUT2D eigenvalue weighted by molar-refractivity contribution is 5.62. The molecule has 0 N–H and O–H groups in total.